The van der Waals surface area contributed by atoms with Gasteiger partial charge < -0.3 is 5.73 Å². The van der Waals surface area contributed by atoms with E-state index in [1.807, 2.05) is 12.4 Å². The van der Waals surface area contributed by atoms with E-state index in [2.05, 4.69) is 48.0 Å². The van der Waals surface area contributed by atoms with Crippen molar-refractivity contribution in [2.24, 2.45) is 17.6 Å². The number of hydrogen-bond acceptors (Lipinski definition) is 3. The van der Waals surface area contributed by atoms with Gasteiger partial charge in [0.1, 0.15) is 0 Å². The first kappa shape index (κ1) is 14.5. The lowest BCUT2D eigenvalue weighted by Crippen LogP contribution is -2.46. The van der Waals surface area contributed by atoms with Crippen LogP contribution in [0, 0.1) is 11.8 Å². The predicted molar refractivity (Wildman–Crippen MR) is 87.9 cm³/mol. The van der Waals surface area contributed by atoms with E-state index in [1.165, 1.54) is 22.8 Å². The van der Waals surface area contributed by atoms with Crippen molar-refractivity contribution in [1.29, 1.82) is 0 Å². The van der Waals surface area contributed by atoms with Crippen LogP contribution in [0.25, 0.3) is 10.8 Å². The Kier molecular flexibility index (Phi) is 4.22. The SMILES string of the molecule is CC1CC(C)N(Cc2ccc3cnccc3c2)CC1CN. The maximum absolute atomic E-state index is 5.94. The van der Waals surface area contributed by atoms with Crippen molar-refractivity contribution in [2.75, 3.05) is 13.1 Å². The molecular formula is C18H25N3. The van der Waals surface area contributed by atoms with Gasteiger partial charge in [-0.15, -0.1) is 0 Å². The molecule has 3 heteroatoms. The van der Waals surface area contributed by atoms with E-state index < -0.39 is 0 Å². The van der Waals surface area contributed by atoms with Crippen LogP contribution >= 0.6 is 0 Å². The molecule has 0 amide bonds. The van der Waals surface area contributed by atoms with Gasteiger partial charge >= 0.3 is 0 Å². The Labute approximate surface area is 127 Å². The molecule has 1 aliphatic rings. The van der Waals surface area contributed by atoms with E-state index in [0.29, 0.717) is 12.0 Å². The summed E-state index contributed by atoms with van der Waals surface area (Å²) in [5.74, 6) is 1.37. The molecule has 3 rings (SSSR count). The van der Waals surface area contributed by atoms with E-state index >= 15 is 0 Å². The quantitative estimate of drug-likeness (QED) is 0.941. The van der Waals surface area contributed by atoms with Crippen molar-refractivity contribution in [3.8, 4) is 0 Å². The summed E-state index contributed by atoms with van der Waals surface area (Å²) in [6.07, 6.45) is 5.04. The number of nitrogens with two attached hydrogens (primary N) is 1. The normalized spacial score (nSPS) is 27.1. The fourth-order valence-electron chi connectivity index (χ4n) is 3.53. The Bertz CT molecular complexity index is 610. The van der Waals surface area contributed by atoms with Gasteiger partial charge in [-0.1, -0.05) is 19.1 Å². The van der Waals surface area contributed by atoms with E-state index in [-0.39, 0.29) is 0 Å². The topological polar surface area (TPSA) is 42.2 Å². The predicted octanol–water partition coefficient (Wildman–Crippen LogP) is 3.04. The van der Waals surface area contributed by atoms with Gasteiger partial charge in [-0.2, -0.15) is 0 Å². The Hall–Kier alpha value is -1.45. The Morgan fingerprint density at radius 3 is 2.90 bits per heavy atom. The lowest BCUT2D eigenvalue weighted by Gasteiger charge is -2.41. The molecule has 3 unspecified atom stereocenters. The molecule has 0 aliphatic carbocycles. The molecular weight excluding hydrogens is 258 g/mol. The van der Waals surface area contributed by atoms with Crippen LogP contribution in [0.15, 0.2) is 36.7 Å². The molecule has 2 N–H and O–H groups in total. The Morgan fingerprint density at radius 1 is 1.24 bits per heavy atom. The monoisotopic (exact) mass is 283 g/mol. The smallest absolute Gasteiger partial charge is 0.0346 e. The second-order valence-electron chi connectivity index (χ2n) is 6.54. The maximum atomic E-state index is 5.94. The third-order valence-electron chi connectivity index (χ3n) is 5.00. The number of likely N-dealkylation sites (tertiary alicyclic amines) is 1. The van der Waals surface area contributed by atoms with Gasteiger partial charge in [0.25, 0.3) is 0 Å². The molecule has 112 valence electrons. The van der Waals surface area contributed by atoms with Crippen LogP contribution in [-0.2, 0) is 6.54 Å². The molecule has 1 saturated heterocycles. The maximum Gasteiger partial charge on any atom is 0.0346 e. The minimum Gasteiger partial charge on any atom is -0.330 e. The number of hydrogen-bond donors (Lipinski definition) is 1. The summed E-state index contributed by atoms with van der Waals surface area (Å²) < 4.78 is 0. The van der Waals surface area contributed by atoms with Gasteiger partial charge in [-0.3, -0.25) is 9.88 Å². The zero-order valence-corrected chi connectivity index (χ0v) is 13.0. The highest BCUT2D eigenvalue weighted by Crippen LogP contribution is 2.28. The highest BCUT2D eigenvalue weighted by molar-refractivity contribution is 5.81. The number of rotatable bonds is 3. The first-order valence-electron chi connectivity index (χ1n) is 7.94. The van der Waals surface area contributed by atoms with Crippen LogP contribution < -0.4 is 5.73 Å². The first-order valence-corrected chi connectivity index (χ1v) is 7.94. The fraction of sp³-hybridized carbons (Fsp3) is 0.500. The van der Waals surface area contributed by atoms with Crippen molar-refractivity contribution in [2.45, 2.75) is 32.9 Å². The molecule has 0 bridgehead atoms. The number of fused-ring (bicyclic) bond motifs is 1. The van der Waals surface area contributed by atoms with Crippen molar-refractivity contribution >= 4 is 10.8 Å². The second kappa shape index (κ2) is 6.12. The lowest BCUT2D eigenvalue weighted by molar-refractivity contribution is 0.0750. The summed E-state index contributed by atoms with van der Waals surface area (Å²) in [6.45, 7) is 7.62. The number of piperidine rings is 1. The van der Waals surface area contributed by atoms with Crippen LogP contribution in [0.1, 0.15) is 25.8 Å². The van der Waals surface area contributed by atoms with E-state index in [4.69, 9.17) is 5.73 Å². The highest BCUT2D eigenvalue weighted by Gasteiger charge is 2.29. The summed E-state index contributed by atoms with van der Waals surface area (Å²) in [7, 11) is 0. The van der Waals surface area contributed by atoms with Crippen LogP contribution in [-0.4, -0.2) is 29.0 Å². The zero-order chi connectivity index (χ0) is 14.8. The molecule has 21 heavy (non-hydrogen) atoms. The molecule has 0 saturated carbocycles. The summed E-state index contributed by atoms with van der Waals surface area (Å²) in [6, 6.07) is 9.42. The average Bonchev–Trinajstić information content (AvgIpc) is 2.50. The van der Waals surface area contributed by atoms with Gasteiger partial charge in [-0.05, 0) is 54.8 Å². The molecule has 1 aromatic carbocycles. The molecule has 2 aromatic rings. The van der Waals surface area contributed by atoms with Crippen LogP contribution in [0.2, 0.25) is 0 Å². The molecule has 2 heterocycles. The van der Waals surface area contributed by atoms with Gasteiger partial charge in [0.2, 0.25) is 0 Å². The van der Waals surface area contributed by atoms with E-state index in [0.717, 1.165) is 25.6 Å². The van der Waals surface area contributed by atoms with Crippen LogP contribution in [0.5, 0.6) is 0 Å². The second-order valence-corrected chi connectivity index (χ2v) is 6.54. The van der Waals surface area contributed by atoms with Gasteiger partial charge in [0, 0.05) is 36.9 Å². The number of benzene rings is 1. The first-order chi connectivity index (χ1) is 10.2. The largest absolute Gasteiger partial charge is 0.330 e. The van der Waals surface area contributed by atoms with E-state index in [9.17, 15) is 0 Å². The van der Waals surface area contributed by atoms with E-state index in [1.54, 1.807) is 0 Å². The summed E-state index contributed by atoms with van der Waals surface area (Å²) >= 11 is 0. The van der Waals surface area contributed by atoms with Crippen molar-refractivity contribution in [1.82, 2.24) is 9.88 Å². The van der Waals surface area contributed by atoms with Crippen molar-refractivity contribution in [3.05, 3.63) is 42.2 Å². The Morgan fingerprint density at radius 2 is 2.10 bits per heavy atom. The fourth-order valence-corrected chi connectivity index (χ4v) is 3.53. The van der Waals surface area contributed by atoms with Crippen LogP contribution in [0.3, 0.4) is 0 Å². The van der Waals surface area contributed by atoms with Crippen molar-refractivity contribution in [3.63, 3.8) is 0 Å². The Balaban J connectivity index is 1.77. The molecule has 0 radical (unpaired) electrons. The lowest BCUT2D eigenvalue weighted by atomic mass is 9.83. The average molecular weight is 283 g/mol. The molecule has 1 aliphatic heterocycles. The van der Waals surface area contributed by atoms with Gasteiger partial charge in [0.05, 0.1) is 0 Å². The van der Waals surface area contributed by atoms with Crippen molar-refractivity contribution < 1.29 is 0 Å². The van der Waals surface area contributed by atoms with Gasteiger partial charge in [-0.25, -0.2) is 0 Å². The summed E-state index contributed by atoms with van der Waals surface area (Å²) in [4.78, 5) is 6.76. The third kappa shape index (κ3) is 3.09. The number of aromatic nitrogens is 1. The molecule has 0 spiro atoms. The standard InChI is InChI=1S/C18H25N3/c1-13-7-14(2)21(12-18(13)9-19)11-15-3-4-17-10-20-6-5-16(17)8-15/h3-6,8,10,13-14,18H,7,9,11-12,19H2,1-2H3. The minimum absolute atomic E-state index is 0.630. The zero-order valence-electron chi connectivity index (χ0n) is 13.0. The summed E-state index contributed by atoms with van der Waals surface area (Å²) in [5.41, 5.74) is 7.32. The molecule has 1 fully saturated rings. The number of pyridine rings is 1. The van der Waals surface area contributed by atoms with Crippen LogP contribution in [0.4, 0.5) is 0 Å². The molecule has 1 aromatic heterocycles. The third-order valence-corrected chi connectivity index (χ3v) is 5.00. The highest BCUT2D eigenvalue weighted by atomic mass is 15.2. The molecule has 3 atom stereocenters. The minimum atomic E-state index is 0.630. The molecule has 3 nitrogen and oxygen atoms in total. The number of nitrogens with zero attached hydrogens (tertiary/aromatic N) is 2. The summed E-state index contributed by atoms with van der Waals surface area (Å²) in [5, 5.41) is 2.48. The van der Waals surface area contributed by atoms with Gasteiger partial charge in [0.15, 0.2) is 0 Å².